The number of hydrogen-bond acceptors (Lipinski definition) is 10. The third-order valence-corrected chi connectivity index (χ3v) is 5.91. The molecule has 1 N–H and O–H groups in total. The van der Waals surface area contributed by atoms with Gasteiger partial charge in [-0.2, -0.15) is 0 Å². The number of rotatable bonds is 8. The Balaban J connectivity index is 2.32. The van der Waals surface area contributed by atoms with Crippen molar-refractivity contribution in [2.45, 2.75) is 12.1 Å². The molecular formula is C24H23N3O9. The maximum absolute atomic E-state index is 12.9. The van der Waals surface area contributed by atoms with Gasteiger partial charge in [0, 0.05) is 30.8 Å². The van der Waals surface area contributed by atoms with Crippen LogP contribution in [0.1, 0.15) is 23.2 Å². The number of nitrogens with zero attached hydrogens (tertiary/aromatic N) is 3. The molecule has 3 atom stereocenters. The summed E-state index contributed by atoms with van der Waals surface area (Å²) >= 11 is 0. The zero-order valence-corrected chi connectivity index (χ0v) is 19.4. The van der Waals surface area contributed by atoms with Crippen molar-refractivity contribution in [3.8, 4) is 0 Å². The summed E-state index contributed by atoms with van der Waals surface area (Å²) in [6.07, 6.45) is 1.52. The predicted octanol–water partition coefficient (Wildman–Crippen LogP) is 3.56. The maximum Gasteiger partial charge on any atom is 0.339 e. The summed E-state index contributed by atoms with van der Waals surface area (Å²) < 4.78 is 9.82. The molecule has 36 heavy (non-hydrogen) atoms. The molecule has 0 amide bonds. The van der Waals surface area contributed by atoms with Crippen LogP contribution in [0.25, 0.3) is 0 Å². The average molecular weight is 497 g/mol. The topological polar surface area (TPSA) is 162 Å². The number of aliphatic hydroxyl groups excluding tert-OH is 1. The number of nitro groups is 2. The van der Waals surface area contributed by atoms with Crippen LogP contribution in [-0.2, 0) is 19.1 Å². The molecule has 0 aliphatic carbocycles. The molecule has 188 valence electrons. The molecule has 0 spiro atoms. The van der Waals surface area contributed by atoms with Gasteiger partial charge in [-0.25, -0.2) is 4.79 Å². The van der Waals surface area contributed by atoms with E-state index < -0.39 is 45.5 Å². The number of hydrogen-bond donors (Lipinski definition) is 1. The number of esters is 2. The fourth-order valence-electron chi connectivity index (χ4n) is 4.35. The monoisotopic (exact) mass is 497 g/mol. The largest absolute Gasteiger partial charge is 0.511 e. The van der Waals surface area contributed by atoms with E-state index in [1.165, 1.54) is 54.6 Å². The second kappa shape index (κ2) is 10.8. The van der Waals surface area contributed by atoms with Gasteiger partial charge in [-0.05, 0) is 11.1 Å². The minimum absolute atomic E-state index is 0.0879. The summed E-state index contributed by atoms with van der Waals surface area (Å²) in [6.45, 7) is 3.84. The van der Waals surface area contributed by atoms with E-state index in [0.717, 1.165) is 14.2 Å². The summed E-state index contributed by atoms with van der Waals surface area (Å²) in [4.78, 5) is 48.6. The third kappa shape index (κ3) is 4.79. The quantitative estimate of drug-likeness (QED) is 0.247. The second-order valence-electron chi connectivity index (χ2n) is 7.82. The molecule has 12 nitrogen and oxygen atoms in total. The Morgan fingerprint density at radius 1 is 0.972 bits per heavy atom. The number of non-ortho nitro benzene ring substituents is 2. The van der Waals surface area contributed by atoms with Crippen molar-refractivity contribution in [1.82, 2.24) is 4.90 Å². The highest BCUT2D eigenvalue weighted by Crippen LogP contribution is 2.48. The minimum Gasteiger partial charge on any atom is -0.511 e. The number of ether oxygens (including phenoxy) is 2. The van der Waals surface area contributed by atoms with Crippen LogP contribution >= 0.6 is 0 Å². The fourth-order valence-corrected chi connectivity index (χ4v) is 4.35. The lowest BCUT2D eigenvalue weighted by Gasteiger charge is -2.45. The smallest absolute Gasteiger partial charge is 0.339 e. The van der Waals surface area contributed by atoms with Crippen LogP contribution < -0.4 is 0 Å². The zero-order valence-electron chi connectivity index (χ0n) is 19.4. The number of aliphatic hydroxyl groups is 1. The first-order valence-corrected chi connectivity index (χ1v) is 10.6. The zero-order chi connectivity index (χ0) is 26.6. The normalized spacial score (nSPS) is 19.9. The van der Waals surface area contributed by atoms with Crippen LogP contribution in [0.2, 0.25) is 0 Å². The molecule has 1 heterocycles. The van der Waals surface area contributed by atoms with Crippen molar-refractivity contribution < 1.29 is 34.0 Å². The lowest BCUT2D eigenvalue weighted by atomic mass is 9.79. The van der Waals surface area contributed by atoms with Crippen molar-refractivity contribution in [3.63, 3.8) is 0 Å². The van der Waals surface area contributed by atoms with Gasteiger partial charge < -0.3 is 14.6 Å². The highest BCUT2D eigenvalue weighted by atomic mass is 16.6. The van der Waals surface area contributed by atoms with Gasteiger partial charge in [-0.15, -0.1) is 6.58 Å². The summed E-state index contributed by atoms with van der Waals surface area (Å²) in [5.41, 5.74) is 0.199. The molecule has 1 aliphatic rings. The van der Waals surface area contributed by atoms with Crippen LogP contribution in [-0.4, -0.2) is 52.6 Å². The summed E-state index contributed by atoms with van der Waals surface area (Å²) in [7, 11) is 2.24. The van der Waals surface area contributed by atoms with Gasteiger partial charge in [0.15, 0.2) is 0 Å². The van der Waals surface area contributed by atoms with Crippen molar-refractivity contribution >= 4 is 23.3 Å². The third-order valence-electron chi connectivity index (χ3n) is 5.91. The molecule has 2 aromatic rings. The van der Waals surface area contributed by atoms with Gasteiger partial charge in [0.2, 0.25) is 0 Å². The Bertz CT molecular complexity index is 1220. The standard InChI is InChI=1S/C24H23N3O9/c1-4-13-25-20(14-5-9-16(10-6-14)26(31)32)18(23(29)35-2)22(28)19(24(30)36-3)21(25)15-7-11-17(12-8-15)27(33)34/h4-12,18,20-21,28H,1,13H2,2-3H3/t18?,20-,21-/m0/s1. The van der Waals surface area contributed by atoms with Crippen LogP contribution in [0.3, 0.4) is 0 Å². The van der Waals surface area contributed by atoms with E-state index in [4.69, 9.17) is 9.47 Å². The van der Waals surface area contributed by atoms with E-state index in [9.17, 15) is 34.9 Å². The van der Waals surface area contributed by atoms with Gasteiger partial charge in [-0.3, -0.25) is 29.9 Å². The molecule has 1 unspecified atom stereocenters. The molecule has 0 radical (unpaired) electrons. The van der Waals surface area contributed by atoms with Crippen molar-refractivity contribution in [1.29, 1.82) is 0 Å². The van der Waals surface area contributed by atoms with Crippen LogP contribution in [0.4, 0.5) is 11.4 Å². The van der Waals surface area contributed by atoms with Gasteiger partial charge in [-0.1, -0.05) is 30.3 Å². The highest BCUT2D eigenvalue weighted by molar-refractivity contribution is 5.93. The molecule has 0 saturated heterocycles. The molecule has 2 aromatic carbocycles. The van der Waals surface area contributed by atoms with Gasteiger partial charge in [0.1, 0.15) is 11.7 Å². The van der Waals surface area contributed by atoms with Crippen LogP contribution in [0.5, 0.6) is 0 Å². The molecule has 0 aromatic heterocycles. The van der Waals surface area contributed by atoms with Crippen LogP contribution in [0, 0.1) is 26.1 Å². The average Bonchev–Trinajstić information content (AvgIpc) is 2.88. The van der Waals surface area contributed by atoms with Crippen LogP contribution in [0.15, 0.2) is 72.5 Å². The SMILES string of the molecule is C=CCN1[C@@H](c2ccc([N+](=O)[O-])cc2)C(C(=O)OC)=C(O)C(C(=O)OC)[C@@H]1c1ccc([N+](=O)[O-])cc1. The lowest BCUT2D eigenvalue weighted by molar-refractivity contribution is -0.385. The van der Waals surface area contributed by atoms with E-state index >= 15 is 0 Å². The Morgan fingerprint density at radius 2 is 1.47 bits per heavy atom. The summed E-state index contributed by atoms with van der Waals surface area (Å²) in [6, 6.07) is 8.79. The molecule has 12 heteroatoms. The number of methoxy groups -OCH3 is 2. The highest BCUT2D eigenvalue weighted by Gasteiger charge is 2.50. The molecule has 0 fully saturated rings. The first kappa shape index (κ1) is 26.0. The van der Waals surface area contributed by atoms with E-state index in [-0.39, 0.29) is 23.5 Å². The fraction of sp³-hybridized carbons (Fsp3) is 0.250. The van der Waals surface area contributed by atoms with Crippen molar-refractivity contribution in [2.24, 2.45) is 5.92 Å². The number of nitro benzene ring substituents is 2. The maximum atomic E-state index is 12.9. The van der Waals surface area contributed by atoms with E-state index in [0.29, 0.717) is 11.1 Å². The molecule has 1 aliphatic heterocycles. The Hall–Kier alpha value is -4.58. The van der Waals surface area contributed by atoms with Crippen molar-refractivity contribution in [3.05, 3.63) is 104 Å². The van der Waals surface area contributed by atoms with E-state index in [1.54, 1.807) is 4.90 Å². The number of benzene rings is 2. The summed E-state index contributed by atoms with van der Waals surface area (Å²) in [5.74, 6) is -3.75. The Morgan fingerprint density at radius 3 is 1.89 bits per heavy atom. The predicted molar refractivity (Wildman–Crippen MR) is 126 cm³/mol. The first-order valence-electron chi connectivity index (χ1n) is 10.6. The van der Waals surface area contributed by atoms with Crippen molar-refractivity contribution in [2.75, 3.05) is 20.8 Å². The Labute approximate surface area is 205 Å². The number of carbonyl (C=O) groups excluding carboxylic acids is 2. The van der Waals surface area contributed by atoms with Gasteiger partial charge >= 0.3 is 11.9 Å². The number of carbonyl (C=O) groups is 2. The van der Waals surface area contributed by atoms with E-state index in [1.807, 2.05) is 0 Å². The molecule has 3 rings (SSSR count). The molecular weight excluding hydrogens is 474 g/mol. The summed E-state index contributed by atoms with van der Waals surface area (Å²) in [5, 5.41) is 33.6. The lowest BCUT2D eigenvalue weighted by Crippen LogP contribution is -2.47. The van der Waals surface area contributed by atoms with Gasteiger partial charge in [0.05, 0.1) is 41.7 Å². The second-order valence-corrected chi connectivity index (χ2v) is 7.82. The van der Waals surface area contributed by atoms with E-state index in [2.05, 4.69) is 6.58 Å². The van der Waals surface area contributed by atoms with Gasteiger partial charge in [0.25, 0.3) is 11.4 Å². The Kier molecular flexibility index (Phi) is 7.80. The molecule has 0 bridgehead atoms. The first-order chi connectivity index (χ1) is 17.2. The molecule has 0 saturated carbocycles. The minimum atomic E-state index is -1.39.